The molecule has 1 aromatic rings. The molecule has 17 heavy (non-hydrogen) atoms. The van der Waals surface area contributed by atoms with Gasteiger partial charge in [-0.2, -0.15) is 0 Å². The van der Waals surface area contributed by atoms with Crippen LogP contribution in [0.25, 0.3) is 6.08 Å². The van der Waals surface area contributed by atoms with Crippen LogP contribution in [0.4, 0.5) is 0 Å². The molecule has 0 radical (unpaired) electrons. The number of hydrogen-bond donors (Lipinski definition) is 1. The van der Waals surface area contributed by atoms with Crippen molar-refractivity contribution in [2.75, 3.05) is 6.61 Å². The molecule has 1 aromatic carbocycles. The Balaban J connectivity index is 2.58. The second kappa shape index (κ2) is 3.99. The first-order valence-corrected chi connectivity index (χ1v) is 6.28. The van der Waals surface area contributed by atoms with Crippen LogP contribution in [-0.2, 0) is 5.41 Å². The van der Waals surface area contributed by atoms with E-state index < -0.39 is 0 Å². The highest BCUT2D eigenvalue weighted by molar-refractivity contribution is 5.60. The molecular weight excluding hydrogens is 208 g/mol. The quantitative estimate of drug-likeness (QED) is 0.781. The van der Waals surface area contributed by atoms with Crippen LogP contribution in [0.1, 0.15) is 38.8 Å². The summed E-state index contributed by atoms with van der Waals surface area (Å²) in [6.45, 7) is 9.08. The Bertz CT molecular complexity index is 439. The van der Waals surface area contributed by atoms with E-state index in [9.17, 15) is 5.11 Å². The second-order valence-corrected chi connectivity index (χ2v) is 6.37. The van der Waals surface area contributed by atoms with Crippen molar-refractivity contribution in [3.63, 3.8) is 0 Å². The summed E-state index contributed by atoms with van der Waals surface area (Å²) in [6.07, 6.45) is 4.46. The number of benzene rings is 1. The van der Waals surface area contributed by atoms with E-state index in [1.807, 2.05) is 0 Å². The topological polar surface area (TPSA) is 20.2 Å². The zero-order chi connectivity index (χ0) is 12.7. The van der Waals surface area contributed by atoms with E-state index in [1.54, 1.807) is 0 Å². The molecule has 0 aromatic heterocycles. The molecule has 1 heteroatoms. The molecule has 0 fully saturated rings. The molecular formula is C16H22O. The Hall–Kier alpha value is -1.08. The summed E-state index contributed by atoms with van der Waals surface area (Å²) in [7, 11) is 0. The van der Waals surface area contributed by atoms with E-state index >= 15 is 0 Å². The maximum atomic E-state index is 9.90. The molecule has 2 atom stereocenters. The highest BCUT2D eigenvalue weighted by Gasteiger charge is 2.43. The van der Waals surface area contributed by atoms with Crippen LogP contribution in [0, 0.1) is 11.3 Å². The van der Waals surface area contributed by atoms with E-state index in [1.165, 1.54) is 11.1 Å². The van der Waals surface area contributed by atoms with Gasteiger partial charge in [-0.15, -0.1) is 0 Å². The molecule has 0 heterocycles. The Kier molecular flexibility index (Phi) is 2.90. The van der Waals surface area contributed by atoms with Crippen molar-refractivity contribution in [2.45, 2.75) is 33.1 Å². The average Bonchev–Trinajstić information content (AvgIpc) is 2.28. The molecule has 1 aliphatic carbocycles. The standard InChI is InChI=1S/C16H22O/c1-15(2,3)14-10-9-12-7-5-6-8-13(12)16(14,4)11-17/h5-10,14,17H,11H2,1-4H3/t14-,16-/m0/s1. The lowest BCUT2D eigenvalue weighted by Crippen LogP contribution is -2.43. The number of fused-ring (bicyclic) bond motifs is 1. The van der Waals surface area contributed by atoms with Crippen molar-refractivity contribution in [1.29, 1.82) is 0 Å². The van der Waals surface area contributed by atoms with Crippen molar-refractivity contribution in [3.8, 4) is 0 Å². The van der Waals surface area contributed by atoms with Gasteiger partial charge in [-0.05, 0) is 22.5 Å². The molecule has 1 aliphatic rings. The smallest absolute Gasteiger partial charge is 0.0531 e. The molecule has 0 bridgehead atoms. The predicted octanol–water partition coefficient (Wildman–Crippen LogP) is 3.63. The lowest BCUT2D eigenvalue weighted by atomic mass is 9.59. The van der Waals surface area contributed by atoms with E-state index in [-0.39, 0.29) is 17.4 Å². The van der Waals surface area contributed by atoms with Gasteiger partial charge in [-0.3, -0.25) is 0 Å². The van der Waals surface area contributed by atoms with Crippen LogP contribution < -0.4 is 0 Å². The summed E-state index contributed by atoms with van der Waals surface area (Å²) in [5, 5.41) is 9.90. The number of hydrogen-bond acceptors (Lipinski definition) is 1. The molecule has 0 aliphatic heterocycles. The Labute approximate surface area is 104 Å². The van der Waals surface area contributed by atoms with Crippen molar-refractivity contribution >= 4 is 6.08 Å². The minimum absolute atomic E-state index is 0.154. The lowest BCUT2D eigenvalue weighted by molar-refractivity contribution is 0.106. The van der Waals surface area contributed by atoms with Crippen LogP contribution in [0.3, 0.4) is 0 Å². The van der Waals surface area contributed by atoms with Gasteiger partial charge < -0.3 is 5.11 Å². The first-order valence-electron chi connectivity index (χ1n) is 6.28. The summed E-state index contributed by atoms with van der Waals surface area (Å²) in [5.74, 6) is 0.356. The van der Waals surface area contributed by atoms with Crippen molar-refractivity contribution in [1.82, 2.24) is 0 Å². The maximum absolute atomic E-state index is 9.90. The fourth-order valence-corrected chi connectivity index (χ4v) is 3.17. The van der Waals surface area contributed by atoms with Crippen LogP contribution in [-0.4, -0.2) is 11.7 Å². The van der Waals surface area contributed by atoms with Crippen LogP contribution >= 0.6 is 0 Å². The summed E-state index contributed by atoms with van der Waals surface area (Å²) in [6, 6.07) is 8.39. The molecule has 0 saturated heterocycles. The number of aliphatic hydroxyl groups is 1. The fourth-order valence-electron chi connectivity index (χ4n) is 3.17. The SMILES string of the molecule is CC(C)(C)[C@@H]1C=Cc2ccccc2[C@]1(C)CO. The molecule has 0 spiro atoms. The van der Waals surface area contributed by atoms with Gasteiger partial charge in [0.25, 0.3) is 0 Å². The largest absolute Gasteiger partial charge is 0.395 e. The van der Waals surface area contributed by atoms with E-state index in [2.05, 4.69) is 64.1 Å². The average molecular weight is 230 g/mol. The highest BCUT2D eigenvalue weighted by atomic mass is 16.3. The van der Waals surface area contributed by atoms with Crippen LogP contribution in [0.5, 0.6) is 0 Å². The van der Waals surface area contributed by atoms with Gasteiger partial charge in [0.15, 0.2) is 0 Å². The summed E-state index contributed by atoms with van der Waals surface area (Å²) in [4.78, 5) is 0. The summed E-state index contributed by atoms with van der Waals surface area (Å²) in [5.41, 5.74) is 2.49. The Morgan fingerprint density at radius 2 is 1.88 bits per heavy atom. The molecule has 92 valence electrons. The predicted molar refractivity (Wildman–Crippen MR) is 72.9 cm³/mol. The van der Waals surface area contributed by atoms with Crippen molar-refractivity contribution in [3.05, 3.63) is 41.5 Å². The second-order valence-electron chi connectivity index (χ2n) is 6.37. The number of rotatable bonds is 1. The zero-order valence-electron chi connectivity index (χ0n) is 11.2. The third-order valence-corrected chi connectivity index (χ3v) is 3.99. The van der Waals surface area contributed by atoms with E-state index in [4.69, 9.17) is 0 Å². The Morgan fingerprint density at radius 3 is 2.47 bits per heavy atom. The molecule has 0 amide bonds. The van der Waals surface area contributed by atoms with Gasteiger partial charge >= 0.3 is 0 Å². The first kappa shape index (κ1) is 12.4. The maximum Gasteiger partial charge on any atom is 0.0531 e. The van der Waals surface area contributed by atoms with Gasteiger partial charge in [0.1, 0.15) is 0 Å². The van der Waals surface area contributed by atoms with Crippen molar-refractivity contribution < 1.29 is 5.11 Å². The zero-order valence-corrected chi connectivity index (χ0v) is 11.2. The lowest BCUT2D eigenvalue weighted by Gasteiger charge is -2.45. The minimum atomic E-state index is -0.177. The van der Waals surface area contributed by atoms with Gasteiger partial charge in [-0.25, -0.2) is 0 Å². The highest BCUT2D eigenvalue weighted by Crippen LogP contribution is 2.47. The fraction of sp³-hybridized carbons (Fsp3) is 0.500. The number of aliphatic hydroxyl groups excluding tert-OH is 1. The first-order chi connectivity index (χ1) is 7.89. The summed E-state index contributed by atoms with van der Waals surface area (Å²) < 4.78 is 0. The van der Waals surface area contributed by atoms with Gasteiger partial charge in [0.05, 0.1) is 6.61 Å². The molecule has 0 saturated carbocycles. The Morgan fingerprint density at radius 1 is 1.24 bits per heavy atom. The normalized spacial score (nSPS) is 27.9. The third-order valence-electron chi connectivity index (χ3n) is 3.99. The minimum Gasteiger partial charge on any atom is -0.395 e. The molecule has 0 unspecified atom stereocenters. The third kappa shape index (κ3) is 1.93. The molecule has 1 N–H and O–H groups in total. The molecule has 2 rings (SSSR count). The van der Waals surface area contributed by atoms with Gasteiger partial charge in [-0.1, -0.05) is 64.1 Å². The van der Waals surface area contributed by atoms with Crippen molar-refractivity contribution in [2.24, 2.45) is 11.3 Å². The van der Waals surface area contributed by atoms with Crippen LogP contribution in [0.2, 0.25) is 0 Å². The molecule has 1 nitrogen and oxygen atoms in total. The van der Waals surface area contributed by atoms with Gasteiger partial charge in [0.2, 0.25) is 0 Å². The van der Waals surface area contributed by atoms with Gasteiger partial charge in [0, 0.05) is 5.41 Å². The number of allylic oxidation sites excluding steroid dienone is 1. The summed E-state index contributed by atoms with van der Waals surface area (Å²) >= 11 is 0. The van der Waals surface area contributed by atoms with E-state index in [0.29, 0.717) is 5.92 Å². The monoisotopic (exact) mass is 230 g/mol. The van der Waals surface area contributed by atoms with E-state index in [0.717, 1.165) is 0 Å². The van der Waals surface area contributed by atoms with Crippen LogP contribution in [0.15, 0.2) is 30.3 Å².